The van der Waals surface area contributed by atoms with Gasteiger partial charge in [-0.2, -0.15) is 0 Å². The maximum atomic E-state index is 14.2. The number of rotatable bonds is 4. The lowest BCUT2D eigenvalue weighted by molar-refractivity contribution is 0.410. The van der Waals surface area contributed by atoms with E-state index in [0.29, 0.717) is 17.2 Å². The van der Waals surface area contributed by atoms with Crippen molar-refractivity contribution < 1.29 is 9.13 Å². The molecule has 3 rings (SSSR count). The first-order valence-electron chi connectivity index (χ1n) is 7.38. The minimum atomic E-state index is -0.437. The molecule has 1 fully saturated rings. The second kappa shape index (κ2) is 5.86. The molecular formula is C18H20FNO. The number of hydrogen-bond acceptors (Lipinski definition) is 2. The quantitative estimate of drug-likeness (QED) is 0.916. The van der Waals surface area contributed by atoms with Crippen molar-refractivity contribution in [3.05, 3.63) is 65.0 Å². The number of hydrogen-bond donors (Lipinski definition) is 1. The van der Waals surface area contributed by atoms with Crippen molar-refractivity contribution in [1.82, 2.24) is 0 Å². The van der Waals surface area contributed by atoms with E-state index in [2.05, 4.69) is 6.07 Å². The first-order chi connectivity index (χ1) is 10.2. The van der Waals surface area contributed by atoms with Gasteiger partial charge in [0, 0.05) is 11.6 Å². The van der Waals surface area contributed by atoms with Crippen molar-refractivity contribution >= 4 is 0 Å². The Hall–Kier alpha value is -1.87. The lowest BCUT2D eigenvalue weighted by Gasteiger charge is -2.29. The SMILES string of the molecule is COc1ccc(C(N)c2ccccc2C2CCC2)c(F)c1. The predicted octanol–water partition coefficient (Wildman–Crippen LogP) is 4.15. The van der Waals surface area contributed by atoms with E-state index in [1.807, 2.05) is 18.2 Å². The van der Waals surface area contributed by atoms with Gasteiger partial charge in [-0.1, -0.05) is 36.8 Å². The first-order valence-corrected chi connectivity index (χ1v) is 7.38. The fourth-order valence-corrected chi connectivity index (χ4v) is 2.94. The van der Waals surface area contributed by atoms with E-state index in [1.54, 1.807) is 12.1 Å². The highest BCUT2D eigenvalue weighted by atomic mass is 19.1. The Kier molecular flexibility index (Phi) is 3.93. The van der Waals surface area contributed by atoms with Gasteiger partial charge in [0.2, 0.25) is 0 Å². The third-order valence-electron chi connectivity index (χ3n) is 4.42. The van der Waals surface area contributed by atoms with Crippen LogP contribution in [0.5, 0.6) is 5.75 Å². The minimum absolute atomic E-state index is 0.315. The van der Waals surface area contributed by atoms with Gasteiger partial charge in [0.25, 0.3) is 0 Å². The summed E-state index contributed by atoms with van der Waals surface area (Å²) >= 11 is 0. The van der Waals surface area contributed by atoms with Crippen LogP contribution in [0.15, 0.2) is 42.5 Å². The summed E-state index contributed by atoms with van der Waals surface area (Å²) in [4.78, 5) is 0. The molecule has 1 atom stereocenters. The molecule has 0 saturated heterocycles. The van der Waals surface area contributed by atoms with Gasteiger partial charge in [0.15, 0.2) is 0 Å². The number of halogens is 1. The van der Waals surface area contributed by atoms with Crippen LogP contribution < -0.4 is 10.5 Å². The van der Waals surface area contributed by atoms with Crippen LogP contribution in [0.25, 0.3) is 0 Å². The van der Waals surface area contributed by atoms with Gasteiger partial charge in [0.1, 0.15) is 11.6 Å². The molecule has 0 aliphatic heterocycles. The number of methoxy groups -OCH3 is 1. The maximum absolute atomic E-state index is 14.2. The number of nitrogens with two attached hydrogens (primary N) is 1. The largest absolute Gasteiger partial charge is 0.497 e. The van der Waals surface area contributed by atoms with Gasteiger partial charge < -0.3 is 10.5 Å². The van der Waals surface area contributed by atoms with Gasteiger partial charge in [-0.15, -0.1) is 0 Å². The normalized spacial score (nSPS) is 16.3. The zero-order valence-electron chi connectivity index (χ0n) is 12.2. The summed E-state index contributed by atoms with van der Waals surface area (Å²) in [7, 11) is 1.53. The zero-order chi connectivity index (χ0) is 14.8. The van der Waals surface area contributed by atoms with Crippen molar-refractivity contribution in [1.29, 1.82) is 0 Å². The van der Waals surface area contributed by atoms with Crippen LogP contribution in [-0.2, 0) is 0 Å². The molecule has 0 heterocycles. The second-order valence-electron chi connectivity index (χ2n) is 5.62. The summed E-state index contributed by atoms with van der Waals surface area (Å²) in [6, 6.07) is 12.6. The van der Waals surface area contributed by atoms with Crippen LogP contribution in [0.4, 0.5) is 4.39 Å². The Morgan fingerprint density at radius 2 is 1.90 bits per heavy atom. The van der Waals surface area contributed by atoms with Crippen LogP contribution in [0, 0.1) is 5.82 Å². The average Bonchev–Trinajstić information content (AvgIpc) is 2.45. The standard InChI is InChI=1S/C18H20FNO/c1-21-13-9-10-16(17(19)11-13)18(20)15-8-3-2-7-14(15)12-5-4-6-12/h2-3,7-12,18H,4-6,20H2,1H3. The van der Waals surface area contributed by atoms with Crippen molar-refractivity contribution in [2.24, 2.45) is 5.73 Å². The van der Waals surface area contributed by atoms with E-state index < -0.39 is 6.04 Å². The number of benzene rings is 2. The Morgan fingerprint density at radius 1 is 1.14 bits per heavy atom. The Labute approximate surface area is 124 Å². The van der Waals surface area contributed by atoms with Gasteiger partial charge in [0.05, 0.1) is 13.2 Å². The summed E-state index contributed by atoms with van der Waals surface area (Å²) < 4.78 is 19.3. The summed E-state index contributed by atoms with van der Waals surface area (Å²) in [5.74, 6) is 0.773. The molecule has 2 aromatic carbocycles. The second-order valence-corrected chi connectivity index (χ2v) is 5.62. The van der Waals surface area contributed by atoms with Crippen molar-refractivity contribution in [2.45, 2.75) is 31.2 Å². The summed E-state index contributed by atoms with van der Waals surface area (Å²) in [6.07, 6.45) is 3.68. The zero-order valence-corrected chi connectivity index (χ0v) is 12.2. The lowest BCUT2D eigenvalue weighted by atomic mass is 9.76. The first kappa shape index (κ1) is 14.1. The lowest BCUT2D eigenvalue weighted by Crippen LogP contribution is -2.19. The van der Waals surface area contributed by atoms with Gasteiger partial charge in [-0.05, 0) is 36.0 Å². The third kappa shape index (κ3) is 2.66. The third-order valence-corrected chi connectivity index (χ3v) is 4.42. The molecule has 2 nitrogen and oxygen atoms in total. The smallest absolute Gasteiger partial charge is 0.132 e. The van der Waals surface area contributed by atoms with Gasteiger partial charge >= 0.3 is 0 Å². The van der Waals surface area contributed by atoms with E-state index in [0.717, 1.165) is 5.56 Å². The molecule has 1 saturated carbocycles. The maximum Gasteiger partial charge on any atom is 0.132 e. The molecule has 0 aromatic heterocycles. The monoisotopic (exact) mass is 285 g/mol. The molecule has 1 unspecified atom stereocenters. The van der Waals surface area contributed by atoms with Crippen LogP contribution >= 0.6 is 0 Å². The highest BCUT2D eigenvalue weighted by molar-refractivity contribution is 5.41. The van der Waals surface area contributed by atoms with Crippen LogP contribution in [0.1, 0.15) is 47.9 Å². The van der Waals surface area contributed by atoms with Crippen LogP contribution in [0.3, 0.4) is 0 Å². The molecule has 3 heteroatoms. The highest BCUT2D eigenvalue weighted by Gasteiger charge is 2.25. The molecule has 110 valence electrons. The fraction of sp³-hybridized carbons (Fsp3) is 0.333. The molecule has 2 aromatic rings. The number of ether oxygens (including phenoxy) is 1. The molecule has 2 N–H and O–H groups in total. The minimum Gasteiger partial charge on any atom is -0.497 e. The Morgan fingerprint density at radius 3 is 2.52 bits per heavy atom. The highest BCUT2D eigenvalue weighted by Crippen LogP contribution is 2.40. The van der Waals surface area contributed by atoms with Gasteiger partial charge in [-0.3, -0.25) is 0 Å². The topological polar surface area (TPSA) is 35.2 Å². The molecule has 1 aliphatic rings. The van der Waals surface area contributed by atoms with Crippen molar-refractivity contribution in [2.75, 3.05) is 7.11 Å². The molecule has 1 aliphatic carbocycles. The average molecular weight is 285 g/mol. The van der Waals surface area contributed by atoms with E-state index in [-0.39, 0.29) is 5.82 Å². The van der Waals surface area contributed by atoms with E-state index in [4.69, 9.17) is 10.5 Å². The van der Waals surface area contributed by atoms with Crippen LogP contribution in [-0.4, -0.2) is 7.11 Å². The van der Waals surface area contributed by atoms with E-state index in [9.17, 15) is 4.39 Å². The van der Waals surface area contributed by atoms with Crippen molar-refractivity contribution in [3.63, 3.8) is 0 Å². The summed E-state index contributed by atoms with van der Waals surface area (Å²) in [5.41, 5.74) is 9.16. The molecule has 0 spiro atoms. The predicted molar refractivity (Wildman–Crippen MR) is 82.0 cm³/mol. The van der Waals surface area contributed by atoms with Crippen molar-refractivity contribution in [3.8, 4) is 5.75 Å². The summed E-state index contributed by atoms with van der Waals surface area (Å²) in [6.45, 7) is 0. The van der Waals surface area contributed by atoms with Gasteiger partial charge in [-0.25, -0.2) is 4.39 Å². The van der Waals surface area contributed by atoms with E-state index >= 15 is 0 Å². The van der Waals surface area contributed by atoms with Crippen LogP contribution in [0.2, 0.25) is 0 Å². The molecule has 0 amide bonds. The molecular weight excluding hydrogens is 265 g/mol. The molecule has 21 heavy (non-hydrogen) atoms. The Balaban J connectivity index is 1.96. The molecule has 0 bridgehead atoms. The molecule has 0 radical (unpaired) electrons. The Bertz CT molecular complexity index is 637. The summed E-state index contributed by atoms with van der Waals surface area (Å²) in [5, 5.41) is 0. The fourth-order valence-electron chi connectivity index (χ4n) is 2.94. The van der Waals surface area contributed by atoms with E-state index in [1.165, 1.54) is 38.0 Å².